The highest BCUT2D eigenvalue weighted by Gasteiger charge is 2.30. The van der Waals surface area contributed by atoms with Crippen LogP contribution in [0.2, 0.25) is 5.02 Å². The van der Waals surface area contributed by atoms with Crippen molar-refractivity contribution in [2.75, 3.05) is 26.2 Å². The van der Waals surface area contributed by atoms with E-state index in [1.54, 1.807) is 12.1 Å². The number of rotatable bonds is 3. The molecule has 0 N–H and O–H groups in total. The van der Waals surface area contributed by atoms with Crippen molar-refractivity contribution < 1.29 is 9.59 Å². The average Bonchev–Trinajstić information content (AvgIpc) is 2.79. The second-order valence-electron chi connectivity index (χ2n) is 8.28. The van der Waals surface area contributed by atoms with E-state index in [9.17, 15) is 9.59 Å². The lowest BCUT2D eigenvalue weighted by molar-refractivity contribution is 0.0696. The molecule has 3 heterocycles. The number of pyridine rings is 1. The van der Waals surface area contributed by atoms with E-state index in [0.29, 0.717) is 23.7 Å². The lowest BCUT2D eigenvalue weighted by Crippen LogP contribution is -2.39. The number of benzene rings is 1. The van der Waals surface area contributed by atoms with Crippen LogP contribution in [-0.4, -0.2) is 52.8 Å². The first-order valence-electron chi connectivity index (χ1n) is 10.8. The van der Waals surface area contributed by atoms with Gasteiger partial charge in [0.15, 0.2) is 0 Å². The molecule has 2 aromatic rings. The second kappa shape index (κ2) is 9.17. The van der Waals surface area contributed by atoms with E-state index in [1.807, 2.05) is 41.0 Å². The van der Waals surface area contributed by atoms with E-state index in [0.717, 1.165) is 55.7 Å². The average molecular weight is 426 g/mol. The number of amides is 2. The summed E-state index contributed by atoms with van der Waals surface area (Å²) in [5.41, 5.74) is 3.11. The Bertz CT molecular complexity index is 932. The van der Waals surface area contributed by atoms with E-state index in [2.05, 4.69) is 0 Å². The van der Waals surface area contributed by atoms with Gasteiger partial charge in [0.1, 0.15) is 0 Å². The van der Waals surface area contributed by atoms with Crippen molar-refractivity contribution >= 4 is 23.4 Å². The van der Waals surface area contributed by atoms with Gasteiger partial charge in [-0.05, 0) is 63.3 Å². The zero-order valence-corrected chi connectivity index (χ0v) is 18.2. The van der Waals surface area contributed by atoms with Crippen LogP contribution in [0.1, 0.15) is 70.1 Å². The second-order valence-corrected chi connectivity index (χ2v) is 8.69. The third kappa shape index (κ3) is 4.36. The Kier molecular flexibility index (Phi) is 6.38. The highest BCUT2D eigenvalue weighted by atomic mass is 35.5. The Morgan fingerprint density at radius 1 is 0.867 bits per heavy atom. The molecule has 2 aliphatic heterocycles. The molecule has 0 radical (unpaired) electrons. The van der Waals surface area contributed by atoms with Gasteiger partial charge in [-0.3, -0.25) is 14.6 Å². The zero-order valence-electron chi connectivity index (χ0n) is 17.4. The van der Waals surface area contributed by atoms with Crippen LogP contribution in [0.4, 0.5) is 0 Å². The molecule has 0 atom stereocenters. The Morgan fingerprint density at radius 3 is 2.20 bits per heavy atom. The smallest absolute Gasteiger partial charge is 0.255 e. The molecule has 5 nitrogen and oxygen atoms in total. The minimum absolute atomic E-state index is 0.0270. The van der Waals surface area contributed by atoms with Gasteiger partial charge in [-0.15, -0.1) is 0 Å². The van der Waals surface area contributed by atoms with Crippen molar-refractivity contribution in [3.8, 4) is 0 Å². The summed E-state index contributed by atoms with van der Waals surface area (Å²) >= 11 is 6.21. The highest BCUT2D eigenvalue weighted by Crippen LogP contribution is 2.31. The number of piperidine rings is 2. The highest BCUT2D eigenvalue weighted by molar-refractivity contribution is 6.33. The van der Waals surface area contributed by atoms with Gasteiger partial charge in [0, 0.05) is 37.8 Å². The maximum absolute atomic E-state index is 13.2. The van der Waals surface area contributed by atoms with Gasteiger partial charge in [-0.25, -0.2) is 0 Å². The molecule has 1 aromatic heterocycles. The topological polar surface area (TPSA) is 53.5 Å². The van der Waals surface area contributed by atoms with Crippen LogP contribution in [0, 0.1) is 6.92 Å². The summed E-state index contributed by atoms with van der Waals surface area (Å²) in [6.07, 6.45) is 4.94. The Labute approximate surface area is 183 Å². The van der Waals surface area contributed by atoms with Gasteiger partial charge in [-0.2, -0.15) is 0 Å². The van der Waals surface area contributed by atoms with Crippen molar-refractivity contribution in [1.29, 1.82) is 0 Å². The summed E-state index contributed by atoms with van der Waals surface area (Å²) < 4.78 is 0. The fraction of sp³-hybridized carbons (Fsp3) is 0.458. The van der Waals surface area contributed by atoms with Crippen molar-refractivity contribution in [2.45, 2.75) is 44.9 Å². The fourth-order valence-corrected chi connectivity index (χ4v) is 4.71. The number of hydrogen-bond acceptors (Lipinski definition) is 3. The molecule has 0 spiro atoms. The van der Waals surface area contributed by atoms with Gasteiger partial charge in [0.05, 0.1) is 21.8 Å². The quantitative estimate of drug-likeness (QED) is 0.716. The van der Waals surface area contributed by atoms with Crippen LogP contribution < -0.4 is 0 Å². The van der Waals surface area contributed by atoms with Gasteiger partial charge in [-0.1, -0.05) is 23.7 Å². The first-order chi connectivity index (χ1) is 14.5. The maximum Gasteiger partial charge on any atom is 0.255 e. The molecular formula is C24H28ClN3O2. The molecule has 2 amide bonds. The molecule has 0 saturated carbocycles. The summed E-state index contributed by atoms with van der Waals surface area (Å²) in [5.74, 6) is 0.261. The maximum atomic E-state index is 13.2. The molecule has 30 heavy (non-hydrogen) atoms. The monoisotopic (exact) mass is 425 g/mol. The van der Waals surface area contributed by atoms with Crippen molar-refractivity contribution in [1.82, 2.24) is 14.8 Å². The molecule has 4 rings (SSSR count). The Morgan fingerprint density at radius 2 is 1.50 bits per heavy atom. The van der Waals surface area contributed by atoms with E-state index >= 15 is 0 Å². The van der Waals surface area contributed by atoms with Crippen LogP contribution >= 0.6 is 11.6 Å². The number of carbonyl (C=O) groups excluding carboxylic acids is 2. The van der Waals surface area contributed by atoms with Crippen LogP contribution in [0.5, 0.6) is 0 Å². The largest absolute Gasteiger partial charge is 0.339 e. The number of aromatic nitrogens is 1. The van der Waals surface area contributed by atoms with Gasteiger partial charge in [0.25, 0.3) is 11.8 Å². The van der Waals surface area contributed by atoms with Crippen LogP contribution in [0.15, 0.2) is 36.4 Å². The van der Waals surface area contributed by atoms with Crippen LogP contribution in [0.25, 0.3) is 0 Å². The molecule has 0 bridgehead atoms. The Balaban J connectivity index is 1.49. The SMILES string of the molecule is Cc1ccc(C(=O)N2CCCCC2)c(C2CCN(C(=O)c3ccccc3Cl)CC2)n1. The van der Waals surface area contributed by atoms with Gasteiger partial charge < -0.3 is 9.80 Å². The summed E-state index contributed by atoms with van der Waals surface area (Å²) in [5, 5.41) is 0.486. The minimum Gasteiger partial charge on any atom is -0.339 e. The molecule has 158 valence electrons. The standard InChI is InChI=1S/C24H28ClN3O2/c1-17-9-10-20(24(30)27-13-5-2-6-14-27)22(26-17)18-11-15-28(16-12-18)23(29)19-7-3-4-8-21(19)25/h3-4,7-10,18H,2,5-6,11-16H2,1H3. The third-order valence-corrected chi connectivity index (χ3v) is 6.54. The number of hydrogen-bond donors (Lipinski definition) is 0. The number of carbonyl (C=O) groups is 2. The van der Waals surface area contributed by atoms with Crippen LogP contribution in [-0.2, 0) is 0 Å². The van der Waals surface area contributed by atoms with Gasteiger partial charge in [0.2, 0.25) is 0 Å². The molecule has 2 fully saturated rings. The van der Waals surface area contributed by atoms with E-state index in [1.165, 1.54) is 6.42 Å². The lowest BCUT2D eigenvalue weighted by atomic mass is 9.89. The predicted octanol–water partition coefficient (Wildman–Crippen LogP) is 4.69. The first-order valence-corrected chi connectivity index (χ1v) is 11.2. The van der Waals surface area contributed by atoms with Gasteiger partial charge >= 0.3 is 0 Å². The molecule has 6 heteroatoms. The summed E-state index contributed by atoms with van der Waals surface area (Å²) in [7, 11) is 0. The van der Waals surface area contributed by atoms with E-state index in [4.69, 9.17) is 16.6 Å². The molecule has 2 saturated heterocycles. The molecule has 2 aliphatic rings. The van der Waals surface area contributed by atoms with Crippen molar-refractivity contribution in [3.63, 3.8) is 0 Å². The van der Waals surface area contributed by atoms with E-state index < -0.39 is 0 Å². The lowest BCUT2D eigenvalue weighted by Gasteiger charge is -2.33. The third-order valence-electron chi connectivity index (χ3n) is 6.21. The first kappa shape index (κ1) is 20.9. The van der Waals surface area contributed by atoms with Crippen LogP contribution in [0.3, 0.4) is 0 Å². The summed E-state index contributed by atoms with van der Waals surface area (Å²) in [6.45, 7) is 4.91. The van der Waals surface area contributed by atoms with Crippen molar-refractivity contribution in [2.24, 2.45) is 0 Å². The molecule has 0 aliphatic carbocycles. The van der Waals surface area contributed by atoms with Crippen molar-refractivity contribution in [3.05, 3.63) is 63.9 Å². The normalized spacial score (nSPS) is 17.8. The number of likely N-dealkylation sites (tertiary alicyclic amines) is 2. The Hall–Kier alpha value is -2.40. The minimum atomic E-state index is -0.0270. The number of halogens is 1. The molecule has 1 aromatic carbocycles. The number of nitrogens with zero attached hydrogens (tertiary/aromatic N) is 3. The fourth-order valence-electron chi connectivity index (χ4n) is 4.50. The number of aryl methyl sites for hydroxylation is 1. The zero-order chi connectivity index (χ0) is 21.1. The molecular weight excluding hydrogens is 398 g/mol. The summed E-state index contributed by atoms with van der Waals surface area (Å²) in [6, 6.07) is 11.0. The summed E-state index contributed by atoms with van der Waals surface area (Å²) in [4.78, 5) is 34.7. The molecule has 0 unspecified atom stereocenters. The predicted molar refractivity (Wildman–Crippen MR) is 118 cm³/mol. The van der Waals surface area contributed by atoms with E-state index in [-0.39, 0.29) is 17.7 Å².